The van der Waals surface area contributed by atoms with Crippen molar-refractivity contribution in [3.05, 3.63) is 0 Å². The topological polar surface area (TPSA) is 0 Å². The lowest BCUT2D eigenvalue weighted by Crippen LogP contribution is -1.93. The summed E-state index contributed by atoms with van der Waals surface area (Å²) in [6, 6.07) is 0. The second-order valence-corrected chi connectivity index (χ2v) is 23.3. The molecule has 0 rings (SSSR count). The minimum Gasteiger partial charge on any atom is -0.391 e. The lowest BCUT2D eigenvalue weighted by molar-refractivity contribution is 0.901. The highest BCUT2D eigenvalue weighted by Gasteiger charge is 2.39. The molecule has 0 aliphatic heterocycles. The Kier molecular flexibility index (Phi) is 11.5. The molecule has 0 radical (unpaired) electrons. The molecule has 1 atom stereocenters. The summed E-state index contributed by atoms with van der Waals surface area (Å²) >= 11 is 16.9. The van der Waals surface area contributed by atoms with Gasteiger partial charge in [0.2, 0.25) is 0 Å². The average molecular weight is 363 g/mol. The van der Waals surface area contributed by atoms with Gasteiger partial charge in [-0.15, -0.1) is 0 Å². The van der Waals surface area contributed by atoms with Crippen LogP contribution in [0, 0.1) is 0 Å². The molecule has 0 aromatic carbocycles. The van der Waals surface area contributed by atoms with Gasteiger partial charge in [-0.05, 0) is 13.3 Å². The van der Waals surface area contributed by atoms with Crippen molar-refractivity contribution in [1.29, 1.82) is 0 Å². The van der Waals surface area contributed by atoms with Crippen LogP contribution in [0.25, 0.3) is 0 Å². The van der Waals surface area contributed by atoms with E-state index in [9.17, 15) is 0 Å². The summed E-state index contributed by atoms with van der Waals surface area (Å²) in [4.78, 5) is 0. The zero-order valence-corrected chi connectivity index (χ0v) is 14.3. The molecule has 0 aromatic rings. The van der Waals surface area contributed by atoms with Gasteiger partial charge in [0.25, 0.3) is 0 Å². The predicted octanol–water partition coefficient (Wildman–Crippen LogP) is 6.64. The van der Waals surface area contributed by atoms with Crippen LogP contribution in [0.15, 0.2) is 0 Å². The van der Waals surface area contributed by atoms with E-state index in [0.29, 0.717) is 0 Å². The van der Waals surface area contributed by atoms with Crippen LogP contribution in [0.2, 0.25) is 0 Å². The highest BCUT2D eigenvalue weighted by atomic mass is 36.1. The summed E-state index contributed by atoms with van der Waals surface area (Å²) in [5, 5.41) is -2.09. The molecule has 82 valence electrons. The molecule has 0 fully saturated rings. The molecule has 0 bridgehead atoms. The van der Waals surface area contributed by atoms with E-state index in [1.54, 1.807) is 0 Å². The molecule has 0 aliphatic carbocycles. The van der Waals surface area contributed by atoms with E-state index in [0.717, 1.165) is 6.42 Å². The van der Waals surface area contributed by atoms with Gasteiger partial charge < -0.3 is 40.2 Å². The monoisotopic (exact) mass is 360 g/mol. The number of hydrogen-bond acceptors (Lipinski definition) is 0. The van der Waals surface area contributed by atoms with Crippen molar-refractivity contribution >= 4 is 88.6 Å². The third-order valence-corrected chi connectivity index (χ3v) is 5.45. The van der Waals surface area contributed by atoms with Gasteiger partial charge in [0.15, 0.2) is 0 Å². The summed E-state index contributed by atoms with van der Waals surface area (Å²) < 4.78 is 0. The maximum absolute atomic E-state index is 5.63. The molecule has 0 amide bonds. The van der Waals surface area contributed by atoms with Crippen LogP contribution in [0.1, 0.15) is 20.3 Å². The van der Waals surface area contributed by atoms with Gasteiger partial charge in [-0.25, -0.2) is 0 Å². The van der Waals surface area contributed by atoms with Crippen LogP contribution in [-0.4, -0.2) is 15.1 Å². The fourth-order valence-corrected chi connectivity index (χ4v) is 1.86. The molecular weight excluding hydrogens is 354 g/mol. The molecule has 0 saturated carbocycles. The van der Waals surface area contributed by atoms with Gasteiger partial charge in [0, 0.05) is 0 Å². The first-order chi connectivity index (χ1) is 5.48. The van der Waals surface area contributed by atoms with Crippen molar-refractivity contribution in [3.63, 3.8) is 0 Å². The van der Waals surface area contributed by atoms with E-state index in [-0.39, 0.29) is 5.66 Å². The molecule has 9 heteroatoms. The highest BCUT2D eigenvalue weighted by Crippen LogP contribution is 2.77. The van der Waals surface area contributed by atoms with Crippen molar-refractivity contribution in [2.45, 2.75) is 25.9 Å². The molecule has 0 spiro atoms. The molecule has 0 nitrogen and oxygen atoms in total. The van der Waals surface area contributed by atoms with Gasteiger partial charge in [0.05, 0.1) is 0 Å². The second kappa shape index (κ2) is 8.14. The fourth-order valence-electron chi connectivity index (χ4n) is 0.207. The highest BCUT2D eigenvalue weighted by molar-refractivity contribution is 8.33. The normalized spacial score (nSPS) is 14.5. The van der Waals surface area contributed by atoms with E-state index in [1.807, 2.05) is 13.8 Å². The molecular formula is C4H9AlCl7P. The van der Waals surface area contributed by atoms with Crippen LogP contribution in [0.3, 0.4) is 0 Å². The Morgan fingerprint density at radius 2 is 1.31 bits per heavy atom. The maximum Gasteiger partial charge on any atom is 0.564 e. The first-order valence-corrected chi connectivity index (χ1v) is 14.9. The van der Waals surface area contributed by atoms with Crippen molar-refractivity contribution in [2.24, 2.45) is 0 Å². The molecule has 0 aliphatic rings. The molecule has 0 heterocycles. The van der Waals surface area contributed by atoms with Gasteiger partial charge in [-0.3, -0.25) is 0 Å². The van der Waals surface area contributed by atoms with Crippen LogP contribution in [0.5, 0.6) is 0 Å². The van der Waals surface area contributed by atoms with Crippen LogP contribution >= 0.6 is 79.2 Å². The maximum atomic E-state index is 5.63. The molecule has 0 saturated heterocycles. The number of rotatable bonds is 2. The van der Waals surface area contributed by atoms with Crippen LogP contribution < -0.4 is 0 Å². The van der Waals surface area contributed by atoms with Gasteiger partial charge in [-0.2, -0.15) is 0 Å². The quantitative estimate of drug-likeness (QED) is 0.381. The van der Waals surface area contributed by atoms with Crippen molar-refractivity contribution < 1.29 is 0 Å². The smallest absolute Gasteiger partial charge is 0.391 e. The molecule has 0 N–H and O–H groups in total. The number of halogens is 7. The molecule has 13 heavy (non-hydrogen) atoms. The van der Waals surface area contributed by atoms with Crippen molar-refractivity contribution in [3.8, 4) is 0 Å². The Morgan fingerprint density at radius 1 is 1.08 bits per heavy atom. The number of hydrogen-bond donors (Lipinski definition) is 0. The zero-order valence-electron chi connectivity index (χ0n) is 6.95. The van der Waals surface area contributed by atoms with Gasteiger partial charge >= 0.3 is 14.7 Å². The lowest BCUT2D eigenvalue weighted by Gasteiger charge is -2.05. The Morgan fingerprint density at radius 3 is 1.31 bits per heavy atom. The summed E-state index contributed by atoms with van der Waals surface area (Å²) in [5.74, 6) is 0. The van der Waals surface area contributed by atoms with Crippen molar-refractivity contribution in [2.75, 3.05) is 0 Å². The first-order valence-electron chi connectivity index (χ1n) is 3.33. The SMILES string of the molecule is CCC(C)[P+](Cl)(Cl)Cl.[Cl][Al-]([Cl])([Cl])[Cl]. The second-order valence-electron chi connectivity index (χ2n) is 2.24. The van der Waals surface area contributed by atoms with Crippen molar-refractivity contribution in [1.82, 2.24) is 0 Å². The predicted molar refractivity (Wildman–Crippen MR) is 73.4 cm³/mol. The summed E-state index contributed by atoms with van der Waals surface area (Å²) in [7, 11) is 17.0. The van der Waals surface area contributed by atoms with Gasteiger partial charge in [-0.1, -0.05) is 6.92 Å². The zero-order chi connectivity index (χ0) is 11.3. The summed E-state index contributed by atoms with van der Waals surface area (Å²) in [6.45, 7) is 3.98. The Bertz CT molecular complexity index is 123. The molecule has 1 unspecified atom stereocenters. The third kappa shape index (κ3) is 20.9. The van der Waals surface area contributed by atoms with Gasteiger partial charge in [0.1, 0.15) is 39.4 Å². The van der Waals surface area contributed by atoms with Crippen LogP contribution in [-0.2, 0) is 0 Å². The largest absolute Gasteiger partial charge is 0.564 e. The average Bonchev–Trinajstić information content (AvgIpc) is 1.80. The molecule has 0 aromatic heterocycles. The Hall–Kier alpha value is 2.99. The minimum atomic E-state index is -2.94. The van der Waals surface area contributed by atoms with E-state index >= 15 is 0 Å². The van der Waals surface area contributed by atoms with E-state index in [2.05, 4.69) is 0 Å². The fraction of sp³-hybridized carbons (Fsp3) is 1.00. The Balaban J connectivity index is 0. The van der Waals surface area contributed by atoms with E-state index in [1.165, 1.54) is 0 Å². The van der Waals surface area contributed by atoms with Crippen LogP contribution in [0.4, 0.5) is 0 Å². The van der Waals surface area contributed by atoms with E-state index < -0.39 is 14.7 Å². The minimum absolute atomic E-state index is 0.257. The standard InChI is InChI=1S/C4H9Cl3P.Al.4ClH/c1-3-4(2)8(5,6)7;;;;;/h4H,3H2,1-2H3;;4*1H/q+1;+3;;;;/p-4. The van der Waals surface area contributed by atoms with E-state index in [4.69, 9.17) is 73.9 Å². The third-order valence-electron chi connectivity index (χ3n) is 1.09. The summed E-state index contributed by atoms with van der Waals surface area (Å²) in [5.41, 5.74) is 0.257. The lowest BCUT2D eigenvalue weighted by atomic mass is 10.4. The summed E-state index contributed by atoms with van der Waals surface area (Å²) in [6.07, 6.45) is 0.949. The Labute approximate surface area is 113 Å². The first kappa shape index (κ1) is 18.4.